The first-order valence-corrected chi connectivity index (χ1v) is 7.51. The Morgan fingerprint density at radius 1 is 1.40 bits per heavy atom. The van der Waals surface area contributed by atoms with Gasteiger partial charge in [0.15, 0.2) is 0 Å². The quantitative estimate of drug-likeness (QED) is 0.934. The zero-order valence-corrected chi connectivity index (χ0v) is 12.6. The first-order valence-electron chi connectivity index (χ1n) is 7.51. The number of nitrogens with two attached hydrogens (primary N) is 1. The smallest absolute Gasteiger partial charge is 0.201 e. The number of anilines is 1. The van der Waals surface area contributed by atoms with Gasteiger partial charge in [0.2, 0.25) is 5.95 Å². The van der Waals surface area contributed by atoms with Gasteiger partial charge in [-0.05, 0) is 51.3 Å². The number of aryl methyl sites for hydroxylation is 1. The van der Waals surface area contributed by atoms with Crippen molar-refractivity contribution in [3.63, 3.8) is 0 Å². The third kappa shape index (κ3) is 2.29. The van der Waals surface area contributed by atoms with Gasteiger partial charge in [0.05, 0.1) is 11.0 Å². The van der Waals surface area contributed by atoms with Crippen molar-refractivity contribution >= 4 is 17.0 Å². The molecule has 2 N–H and O–H groups in total. The molecule has 0 bridgehead atoms. The van der Waals surface area contributed by atoms with Crippen molar-refractivity contribution in [3.05, 3.63) is 23.8 Å². The predicted molar refractivity (Wildman–Crippen MR) is 83.7 cm³/mol. The number of imidazole rings is 1. The van der Waals surface area contributed by atoms with E-state index in [1.165, 1.54) is 30.6 Å². The largest absolute Gasteiger partial charge is 0.369 e. The molecule has 0 spiro atoms. The average molecular weight is 272 g/mol. The maximum atomic E-state index is 6.13. The first kappa shape index (κ1) is 13.4. The van der Waals surface area contributed by atoms with Crippen LogP contribution in [-0.4, -0.2) is 33.6 Å². The Hall–Kier alpha value is -1.55. The lowest BCUT2D eigenvalue weighted by Gasteiger charge is -2.20. The third-order valence-electron chi connectivity index (χ3n) is 4.50. The molecular formula is C16H24N4. The van der Waals surface area contributed by atoms with E-state index in [1.54, 1.807) is 0 Å². The molecule has 1 atom stereocenters. The summed E-state index contributed by atoms with van der Waals surface area (Å²) in [7, 11) is 0. The van der Waals surface area contributed by atoms with Crippen LogP contribution in [0.25, 0.3) is 11.0 Å². The van der Waals surface area contributed by atoms with Crippen molar-refractivity contribution in [2.45, 2.75) is 39.8 Å². The molecule has 3 rings (SSSR count). The van der Waals surface area contributed by atoms with Gasteiger partial charge in [0.1, 0.15) is 0 Å². The molecule has 0 aliphatic carbocycles. The van der Waals surface area contributed by atoms with Crippen LogP contribution in [0.5, 0.6) is 0 Å². The number of aromatic nitrogens is 2. The minimum absolute atomic E-state index is 0.638. The molecule has 1 aliphatic heterocycles. The summed E-state index contributed by atoms with van der Waals surface area (Å²) in [6.07, 6.45) is 1.25. The number of fused-ring (bicyclic) bond motifs is 1. The summed E-state index contributed by atoms with van der Waals surface area (Å²) in [6, 6.07) is 6.94. The summed E-state index contributed by atoms with van der Waals surface area (Å²) in [5, 5.41) is 0. The molecular weight excluding hydrogens is 248 g/mol. The van der Waals surface area contributed by atoms with Crippen molar-refractivity contribution in [3.8, 4) is 0 Å². The highest BCUT2D eigenvalue weighted by molar-refractivity contribution is 5.81. The second kappa shape index (κ2) is 5.09. The topological polar surface area (TPSA) is 47.1 Å². The first-order chi connectivity index (χ1) is 9.56. The van der Waals surface area contributed by atoms with E-state index in [4.69, 9.17) is 5.73 Å². The summed E-state index contributed by atoms with van der Waals surface area (Å²) < 4.78 is 2.19. The zero-order chi connectivity index (χ0) is 14.3. The number of nitrogens with zero attached hydrogens (tertiary/aromatic N) is 3. The van der Waals surface area contributed by atoms with E-state index in [9.17, 15) is 0 Å². The third-order valence-corrected chi connectivity index (χ3v) is 4.50. The molecule has 0 saturated carbocycles. The van der Waals surface area contributed by atoms with Crippen LogP contribution < -0.4 is 5.73 Å². The number of rotatable bonds is 3. The molecule has 2 aromatic rings. The van der Waals surface area contributed by atoms with Crippen molar-refractivity contribution in [2.75, 3.05) is 18.8 Å². The Labute approximate surface area is 120 Å². The van der Waals surface area contributed by atoms with Gasteiger partial charge in [0, 0.05) is 19.1 Å². The Morgan fingerprint density at radius 2 is 2.20 bits per heavy atom. The van der Waals surface area contributed by atoms with E-state index < -0.39 is 0 Å². The SMILES string of the molecule is Cc1cccc2c1nc(N)n2CC1CCN(C(C)C)C1. The van der Waals surface area contributed by atoms with Crippen LogP contribution >= 0.6 is 0 Å². The van der Waals surface area contributed by atoms with Crippen molar-refractivity contribution in [1.29, 1.82) is 0 Å². The number of hydrogen-bond acceptors (Lipinski definition) is 3. The average Bonchev–Trinajstić information content (AvgIpc) is 2.98. The van der Waals surface area contributed by atoms with Gasteiger partial charge in [-0.1, -0.05) is 12.1 Å². The molecule has 1 unspecified atom stereocenters. The second-order valence-corrected chi connectivity index (χ2v) is 6.27. The molecule has 4 nitrogen and oxygen atoms in total. The highest BCUT2D eigenvalue weighted by Crippen LogP contribution is 2.26. The van der Waals surface area contributed by atoms with Crippen LogP contribution in [0.1, 0.15) is 25.8 Å². The molecule has 1 aromatic carbocycles. The van der Waals surface area contributed by atoms with E-state index in [0.717, 1.165) is 12.1 Å². The van der Waals surface area contributed by atoms with Crippen LogP contribution in [0.3, 0.4) is 0 Å². The molecule has 1 aromatic heterocycles. The predicted octanol–water partition coefficient (Wildman–Crippen LogP) is 2.66. The maximum absolute atomic E-state index is 6.13. The van der Waals surface area contributed by atoms with E-state index in [2.05, 4.69) is 53.4 Å². The summed E-state index contributed by atoms with van der Waals surface area (Å²) in [4.78, 5) is 7.08. The zero-order valence-electron chi connectivity index (χ0n) is 12.6. The lowest BCUT2D eigenvalue weighted by atomic mass is 10.1. The molecule has 20 heavy (non-hydrogen) atoms. The number of benzene rings is 1. The Bertz CT molecular complexity index is 614. The van der Waals surface area contributed by atoms with Gasteiger partial charge >= 0.3 is 0 Å². The van der Waals surface area contributed by atoms with Crippen LogP contribution in [-0.2, 0) is 6.54 Å². The highest BCUT2D eigenvalue weighted by atomic mass is 15.2. The molecule has 1 fully saturated rings. The van der Waals surface area contributed by atoms with Crippen LogP contribution in [0.2, 0.25) is 0 Å². The Morgan fingerprint density at radius 3 is 2.90 bits per heavy atom. The molecule has 4 heteroatoms. The van der Waals surface area contributed by atoms with Gasteiger partial charge in [0.25, 0.3) is 0 Å². The fraction of sp³-hybridized carbons (Fsp3) is 0.562. The summed E-state index contributed by atoms with van der Waals surface area (Å²) in [6.45, 7) is 9.99. The van der Waals surface area contributed by atoms with Crippen molar-refractivity contribution in [2.24, 2.45) is 5.92 Å². The van der Waals surface area contributed by atoms with Gasteiger partial charge in [-0.3, -0.25) is 0 Å². The molecule has 2 heterocycles. The number of hydrogen-bond donors (Lipinski definition) is 1. The van der Waals surface area contributed by atoms with Gasteiger partial charge in [-0.2, -0.15) is 0 Å². The lowest BCUT2D eigenvalue weighted by Crippen LogP contribution is -2.28. The lowest BCUT2D eigenvalue weighted by molar-refractivity contribution is 0.261. The number of nitrogen functional groups attached to an aromatic ring is 1. The van der Waals surface area contributed by atoms with Crippen molar-refractivity contribution in [1.82, 2.24) is 14.5 Å². The van der Waals surface area contributed by atoms with Crippen LogP contribution in [0, 0.1) is 12.8 Å². The van der Waals surface area contributed by atoms with E-state index >= 15 is 0 Å². The van der Waals surface area contributed by atoms with Gasteiger partial charge in [-0.25, -0.2) is 4.98 Å². The van der Waals surface area contributed by atoms with Crippen LogP contribution in [0.4, 0.5) is 5.95 Å². The summed E-state index contributed by atoms with van der Waals surface area (Å²) in [5.41, 5.74) is 9.55. The minimum atomic E-state index is 0.638. The second-order valence-electron chi connectivity index (χ2n) is 6.27. The molecule has 0 amide bonds. The van der Waals surface area contributed by atoms with Gasteiger partial charge < -0.3 is 15.2 Å². The summed E-state index contributed by atoms with van der Waals surface area (Å²) in [5.74, 6) is 1.33. The summed E-state index contributed by atoms with van der Waals surface area (Å²) >= 11 is 0. The van der Waals surface area contributed by atoms with E-state index in [1.807, 2.05) is 0 Å². The van der Waals surface area contributed by atoms with Crippen LogP contribution in [0.15, 0.2) is 18.2 Å². The fourth-order valence-corrected chi connectivity index (χ4v) is 3.24. The normalized spacial score (nSPS) is 20.3. The monoisotopic (exact) mass is 272 g/mol. The molecule has 108 valence electrons. The highest BCUT2D eigenvalue weighted by Gasteiger charge is 2.25. The Balaban J connectivity index is 1.85. The van der Waals surface area contributed by atoms with Gasteiger partial charge in [-0.15, -0.1) is 0 Å². The standard InChI is InChI=1S/C16H24N4/c1-11(2)19-8-7-13(9-19)10-20-14-6-4-5-12(3)15(14)18-16(20)17/h4-6,11,13H,7-10H2,1-3H3,(H2,17,18). The fourth-order valence-electron chi connectivity index (χ4n) is 3.24. The number of likely N-dealkylation sites (tertiary alicyclic amines) is 1. The number of para-hydroxylation sites is 1. The Kier molecular flexibility index (Phi) is 3.42. The molecule has 0 radical (unpaired) electrons. The minimum Gasteiger partial charge on any atom is -0.369 e. The molecule has 1 aliphatic rings. The molecule has 1 saturated heterocycles. The van der Waals surface area contributed by atoms with E-state index in [-0.39, 0.29) is 0 Å². The van der Waals surface area contributed by atoms with E-state index in [0.29, 0.717) is 17.9 Å². The van der Waals surface area contributed by atoms with Crippen molar-refractivity contribution < 1.29 is 0 Å². The maximum Gasteiger partial charge on any atom is 0.201 e.